The van der Waals surface area contributed by atoms with Gasteiger partial charge in [-0.05, 0) is 64.1 Å². The zero-order valence-corrected chi connectivity index (χ0v) is 14.3. The Morgan fingerprint density at radius 3 is 2.43 bits per heavy atom. The van der Waals surface area contributed by atoms with E-state index in [1.165, 1.54) is 19.3 Å². The van der Waals surface area contributed by atoms with E-state index >= 15 is 0 Å². The average Bonchev–Trinajstić information content (AvgIpc) is 2.76. The van der Waals surface area contributed by atoms with Crippen LogP contribution in [0.3, 0.4) is 0 Å². The summed E-state index contributed by atoms with van der Waals surface area (Å²) < 4.78 is 0. The molecule has 1 heterocycles. The van der Waals surface area contributed by atoms with Crippen LogP contribution in [0.2, 0.25) is 0 Å². The highest BCUT2D eigenvalue weighted by Crippen LogP contribution is 2.37. The summed E-state index contributed by atoms with van der Waals surface area (Å²) in [6.07, 6.45) is 7.19. The van der Waals surface area contributed by atoms with Crippen molar-refractivity contribution in [3.63, 3.8) is 0 Å². The van der Waals surface area contributed by atoms with Crippen molar-refractivity contribution in [1.82, 2.24) is 15.1 Å². The molecule has 0 aromatic rings. The number of nitrogens with zero attached hydrogens (tertiary/aromatic N) is 2. The molecular weight excluding hydrogens is 262 g/mol. The number of nitrogens with one attached hydrogen (secondary N) is 1. The van der Waals surface area contributed by atoms with E-state index < -0.39 is 0 Å². The Morgan fingerprint density at radius 2 is 1.90 bits per heavy atom. The van der Waals surface area contributed by atoms with Crippen LogP contribution in [0.25, 0.3) is 0 Å². The van der Waals surface area contributed by atoms with Gasteiger partial charge in [-0.1, -0.05) is 20.3 Å². The zero-order chi connectivity index (χ0) is 15.5. The van der Waals surface area contributed by atoms with Crippen LogP contribution in [0, 0.1) is 11.3 Å². The molecule has 0 bridgehead atoms. The molecule has 0 aromatic heterocycles. The van der Waals surface area contributed by atoms with Crippen LogP contribution >= 0.6 is 0 Å². The molecule has 1 N–H and O–H groups in total. The number of urea groups is 1. The van der Waals surface area contributed by atoms with E-state index in [4.69, 9.17) is 0 Å². The lowest BCUT2D eigenvalue weighted by molar-refractivity contribution is 0.154. The topological polar surface area (TPSA) is 35.6 Å². The van der Waals surface area contributed by atoms with Gasteiger partial charge in [-0.2, -0.15) is 0 Å². The molecule has 0 radical (unpaired) electrons. The van der Waals surface area contributed by atoms with Crippen molar-refractivity contribution in [3.05, 3.63) is 0 Å². The zero-order valence-electron chi connectivity index (χ0n) is 14.3. The fourth-order valence-electron chi connectivity index (χ4n) is 3.70. The summed E-state index contributed by atoms with van der Waals surface area (Å²) in [5, 5.41) is 3.28. The molecule has 21 heavy (non-hydrogen) atoms. The van der Waals surface area contributed by atoms with Crippen LogP contribution in [0.15, 0.2) is 0 Å². The second-order valence-corrected chi connectivity index (χ2v) is 7.91. The number of carbonyl (C=O) groups is 1. The highest BCUT2D eigenvalue weighted by atomic mass is 16.2. The number of likely N-dealkylation sites (tertiary alicyclic amines) is 1. The molecule has 1 aliphatic carbocycles. The Labute approximate surface area is 130 Å². The molecule has 0 spiro atoms. The molecule has 2 amide bonds. The lowest BCUT2D eigenvalue weighted by atomic mass is 9.87. The fourth-order valence-corrected chi connectivity index (χ4v) is 3.70. The Morgan fingerprint density at radius 1 is 1.24 bits per heavy atom. The van der Waals surface area contributed by atoms with Crippen LogP contribution in [0.4, 0.5) is 4.79 Å². The maximum atomic E-state index is 12.4. The van der Waals surface area contributed by atoms with Gasteiger partial charge in [0.1, 0.15) is 0 Å². The van der Waals surface area contributed by atoms with Crippen LogP contribution in [0.5, 0.6) is 0 Å². The molecular formula is C17H33N3O. The minimum Gasteiger partial charge on any atom is -0.335 e. The smallest absolute Gasteiger partial charge is 0.317 e. The standard InChI is InChI=1S/C17H33N3O/c1-17(2)10-5-6-15(17)18-16(21)20-12-8-14(9-13-20)7-11-19(3)4/h14-15H,5-13H2,1-4H3,(H,18,21)/t15-/m0/s1. The predicted octanol–water partition coefficient (Wildman–Crippen LogP) is 2.94. The minimum atomic E-state index is 0.168. The third-order valence-corrected chi connectivity index (χ3v) is 5.44. The number of carbonyl (C=O) groups excluding carboxylic acids is 1. The largest absolute Gasteiger partial charge is 0.335 e. The van der Waals surface area contributed by atoms with Gasteiger partial charge in [-0.25, -0.2) is 4.79 Å². The van der Waals surface area contributed by atoms with E-state index in [-0.39, 0.29) is 11.4 Å². The summed E-state index contributed by atoms with van der Waals surface area (Å²) in [7, 11) is 4.26. The number of amides is 2. The number of hydrogen-bond donors (Lipinski definition) is 1. The quantitative estimate of drug-likeness (QED) is 0.865. The van der Waals surface area contributed by atoms with E-state index in [0.29, 0.717) is 6.04 Å². The number of rotatable bonds is 4. The molecule has 1 saturated carbocycles. The molecule has 2 fully saturated rings. The molecule has 0 unspecified atom stereocenters. The van der Waals surface area contributed by atoms with Crippen molar-refractivity contribution in [2.75, 3.05) is 33.7 Å². The van der Waals surface area contributed by atoms with E-state index in [9.17, 15) is 4.79 Å². The number of hydrogen-bond acceptors (Lipinski definition) is 2. The monoisotopic (exact) mass is 295 g/mol. The third kappa shape index (κ3) is 4.60. The molecule has 1 aliphatic heterocycles. The minimum absolute atomic E-state index is 0.168. The van der Waals surface area contributed by atoms with Crippen LogP contribution < -0.4 is 5.32 Å². The first-order valence-corrected chi connectivity index (χ1v) is 8.58. The van der Waals surface area contributed by atoms with Gasteiger partial charge in [-0.15, -0.1) is 0 Å². The van der Waals surface area contributed by atoms with Gasteiger partial charge in [-0.3, -0.25) is 0 Å². The fraction of sp³-hybridized carbons (Fsp3) is 0.941. The van der Waals surface area contributed by atoms with Gasteiger partial charge < -0.3 is 15.1 Å². The average molecular weight is 295 g/mol. The molecule has 2 aliphatic rings. The van der Waals surface area contributed by atoms with E-state index in [0.717, 1.165) is 44.8 Å². The summed E-state index contributed by atoms with van der Waals surface area (Å²) in [6.45, 7) is 7.57. The SMILES string of the molecule is CN(C)CCC1CCN(C(=O)N[C@H]2CCCC2(C)C)CC1. The van der Waals surface area contributed by atoms with Gasteiger partial charge in [0.05, 0.1) is 0 Å². The third-order valence-electron chi connectivity index (χ3n) is 5.44. The summed E-state index contributed by atoms with van der Waals surface area (Å²) in [5.41, 5.74) is 0.264. The second kappa shape index (κ2) is 6.99. The van der Waals surface area contributed by atoms with Crippen molar-refractivity contribution < 1.29 is 4.79 Å². The summed E-state index contributed by atoms with van der Waals surface area (Å²) in [4.78, 5) is 16.7. The van der Waals surface area contributed by atoms with Crippen LogP contribution in [0.1, 0.15) is 52.4 Å². The van der Waals surface area contributed by atoms with Gasteiger partial charge in [0.25, 0.3) is 0 Å². The normalized spacial score (nSPS) is 26.3. The molecule has 4 nitrogen and oxygen atoms in total. The summed E-state index contributed by atoms with van der Waals surface area (Å²) in [5.74, 6) is 0.791. The highest BCUT2D eigenvalue weighted by Gasteiger charge is 2.36. The molecule has 2 rings (SSSR count). The highest BCUT2D eigenvalue weighted by molar-refractivity contribution is 5.74. The summed E-state index contributed by atoms with van der Waals surface area (Å²) in [6, 6.07) is 0.525. The van der Waals surface area contributed by atoms with Gasteiger partial charge in [0.2, 0.25) is 0 Å². The van der Waals surface area contributed by atoms with Crippen molar-refractivity contribution in [2.45, 2.75) is 58.4 Å². The molecule has 1 atom stereocenters. The Bertz CT molecular complexity index is 346. The first-order chi connectivity index (χ1) is 9.88. The lowest BCUT2D eigenvalue weighted by Gasteiger charge is -2.35. The van der Waals surface area contributed by atoms with E-state index in [2.05, 4.69) is 38.2 Å². The maximum Gasteiger partial charge on any atom is 0.317 e. The van der Waals surface area contributed by atoms with Gasteiger partial charge in [0, 0.05) is 19.1 Å². The maximum absolute atomic E-state index is 12.4. The molecule has 4 heteroatoms. The predicted molar refractivity (Wildman–Crippen MR) is 87.4 cm³/mol. The van der Waals surface area contributed by atoms with Crippen molar-refractivity contribution in [3.8, 4) is 0 Å². The Hall–Kier alpha value is -0.770. The van der Waals surface area contributed by atoms with Crippen molar-refractivity contribution in [1.29, 1.82) is 0 Å². The molecule has 1 saturated heterocycles. The van der Waals surface area contributed by atoms with Gasteiger partial charge in [0.15, 0.2) is 0 Å². The summed E-state index contributed by atoms with van der Waals surface area (Å²) >= 11 is 0. The Kier molecular flexibility index (Phi) is 5.53. The van der Waals surface area contributed by atoms with E-state index in [1.807, 2.05) is 4.90 Å². The van der Waals surface area contributed by atoms with E-state index in [1.54, 1.807) is 0 Å². The molecule has 122 valence electrons. The van der Waals surface area contributed by atoms with Crippen LogP contribution in [-0.2, 0) is 0 Å². The van der Waals surface area contributed by atoms with Gasteiger partial charge >= 0.3 is 6.03 Å². The second-order valence-electron chi connectivity index (χ2n) is 7.91. The van der Waals surface area contributed by atoms with Crippen LogP contribution in [-0.4, -0.2) is 55.6 Å². The van der Waals surface area contributed by atoms with Crippen molar-refractivity contribution in [2.24, 2.45) is 11.3 Å². The number of piperidine rings is 1. The van der Waals surface area contributed by atoms with Crippen molar-refractivity contribution >= 4 is 6.03 Å². The first-order valence-electron chi connectivity index (χ1n) is 8.58. The Balaban J connectivity index is 1.73. The lowest BCUT2D eigenvalue weighted by Crippen LogP contribution is -2.50. The molecule has 0 aromatic carbocycles. The first kappa shape index (κ1) is 16.6.